The smallest absolute Gasteiger partial charge is 0.272 e. The van der Waals surface area contributed by atoms with Gasteiger partial charge in [-0.25, -0.2) is 4.39 Å². The van der Waals surface area contributed by atoms with E-state index in [4.69, 9.17) is 0 Å². The molecule has 2 fully saturated rings. The maximum atomic E-state index is 13.1. The largest absolute Gasteiger partial charge is 0.333 e. The lowest BCUT2D eigenvalue weighted by atomic mass is 10.1. The fourth-order valence-corrected chi connectivity index (χ4v) is 3.38. The van der Waals surface area contributed by atoms with Crippen molar-refractivity contribution >= 4 is 17.7 Å². The first kappa shape index (κ1) is 16.4. The molecule has 0 bridgehead atoms. The second-order valence-corrected chi connectivity index (χ2v) is 6.57. The van der Waals surface area contributed by atoms with Crippen LogP contribution in [0.2, 0.25) is 0 Å². The van der Waals surface area contributed by atoms with E-state index in [1.807, 2.05) is 0 Å². The van der Waals surface area contributed by atoms with Gasteiger partial charge in [-0.3, -0.25) is 24.0 Å². The van der Waals surface area contributed by atoms with Crippen LogP contribution < -0.4 is 0 Å². The van der Waals surface area contributed by atoms with E-state index in [1.54, 1.807) is 30.1 Å². The average molecular weight is 356 g/mol. The molecular weight excluding hydrogens is 339 g/mol. The molecular formula is C18H17FN4O3. The van der Waals surface area contributed by atoms with Crippen LogP contribution in [0.5, 0.6) is 0 Å². The quantitative estimate of drug-likeness (QED) is 0.775. The zero-order valence-corrected chi connectivity index (χ0v) is 14.2. The highest BCUT2D eigenvalue weighted by Crippen LogP contribution is 2.25. The zero-order chi connectivity index (χ0) is 18.4. The maximum Gasteiger partial charge on any atom is 0.272 e. The summed E-state index contributed by atoms with van der Waals surface area (Å²) in [5, 5.41) is 4.32. The molecule has 0 radical (unpaired) electrons. The van der Waals surface area contributed by atoms with Gasteiger partial charge < -0.3 is 4.90 Å². The normalized spacial score (nSPS) is 17.8. The van der Waals surface area contributed by atoms with E-state index >= 15 is 0 Å². The van der Waals surface area contributed by atoms with Crippen LogP contribution in [0.3, 0.4) is 0 Å². The van der Waals surface area contributed by atoms with Gasteiger partial charge in [0.2, 0.25) is 11.8 Å². The monoisotopic (exact) mass is 356 g/mol. The summed E-state index contributed by atoms with van der Waals surface area (Å²) in [5.41, 5.74) is 1.70. The van der Waals surface area contributed by atoms with Crippen LogP contribution in [0, 0.1) is 5.82 Å². The van der Waals surface area contributed by atoms with Crippen LogP contribution in [-0.2, 0) is 16.6 Å². The fraction of sp³-hybridized carbons (Fsp3) is 0.333. The van der Waals surface area contributed by atoms with Crippen molar-refractivity contribution in [1.29, 1.82) is 0 Å². The fourth-order valence-electron chi connectivity index (χ4n) is 3.38. The molecule has 134 valence electrons. The van der Waals surface area contributed by atoms with Gasteiger partial charge in [0.05, 0.1) is 11.7 Å². The molecule has 0 aliphatic carbocycles. The Labute approximate surface area is 149 Å². The van der Waals surface area contributed by atoms with Crippen molar-refractivity contribution < 1.29 is 18.8 Å². The first-order chi connectivity index (χ1) is 12.4. The summed E-state index contributed by atoms with van der Waals surface area (Å²) in [6, 6.07) is 7.33. The first-order valence-corrected chi connectivity index (χ1v) is 8.38. The number of rotatable bonds is 3. The number of carbonyl (C=O) groups excluding carboxylic acids is 3. The van der Waals surface area contributed by atoms with Crippen LogP contribution in [0.15, 0.2) is 30.3 Å². The maximum absolute atomic E-state index is 13.1. The number of amides is 3. The van der Waals surface area contributed by atoms with E-state index in [-0.39, 0.29) is 42.4 Å². The molecule has 1 aromatic heterocycles. The number of nitrogens with zero attached hydrogens (tertiary/aromatic N) is 4. The standard InChI is InChI=1S/C18H17FN4O3/c1-21-15(8-14(20-21)11-2-4-12(19)5-3-11)18(26)22-9-13(10-22)23-16(24)6-7-17(23)25/h2-5,8,13H,6-7,9-10H2,1H3. The van der Waals surface area contributed by atoms with Crippen molar-refractivity contribution in [1.82, 2.24) is 19.6 Å². The highest BCUT2D eigenvalue weighted by atomic mass is 19.1. The molecule has 0 spiro atoms. The average Bonchev–Trinajstić information content (AvgIpc) is 3.11. The molecule has 1 aromatic carbocycles. The zero-order valence-electron chi connectivity index (χ0n) is 14.2. The Morgan fingerprint density at radius 1 is 1.12 bits per heavy atom. The summed E-state index contributed by atoms with van der Waals surface area (Å²) in [7, 11) is 1.67. The van der Waals surface area contributed by atoms with Crippen molar-refractivity contribution in [2.75, 3.05) is 13.1 Å². The van der Waals surface area contributed by atoms with Gasteiger partial charge in [0.1, 0.15) is 11.5 Å². The van der Waals surface area contributed by atoms with E-state index < -0.39 is 0 Å². The Bertz CT molecular complexity index is 884. The second kappa shape index (κ2) is 6.05. The molecule has 2 saturated heterocycles. The van der Waals surface area contributed by atoms with Crippen molar-refractivity contribution in [2.45, 2.75) is 18.9 Å². The predicted octanol–water partition coefficient (Wildman–Crippen LogP) is 1.20. The van der Waals surface area contributed by atoms with E-state index in [9.17, 15) is 18.8 Å². The summed E-state index contributed by atoms with van der Waals surface area (Å²) >= 11 is 0. The number of halogens is 1. The third kappa shape index (κ3) is 2.67. The topological polar surface area (TPSA) is 75.5 Å². The minimum atomic E-state index is -0.335. The molecule has 4 rings (SSSR count). The van der Waals surface area contributed by atoms with Crippen molar-refractivity contribution in [3.8, 4) is 11.3 Å². The Morgan fingerprint density at radius 3 is 2.35 bits per heavy atom. The van der Waals surface area contributed by atoms with Crippen molar-refractivity contribution in [3.05, 3.63) is 41.8 Å². The molecule has 8 heteroatoms. The van der Waals surface area contributed by atoms with Gasteiger partial charge in [0.15, 0.2) is 0 Å². The number of likely N-dealkylation sites (tertiary alicyclic amines) is 2. The van der Waals surface area contributed by atoms with Gasteiger partial charge in [0.25, 0.3) is 5.91 Å². The van der Waals surface area contributed by atoms with Crippen LogP contribution in [-0.4, -0.2) is 56.4 Å². The molecule has 2 aliphatic rings. The minimum Gasteiger partial charge on any atom is -0.333 e. The van der Waals surface area contributed by atoms with Crippen LogP contribution >= 0.6 is 0 Å². The Balaban J connectivity index is 1.47. The second-order valence-electron chi connectivity index (χ2n) is 6.57. The van der Waals surface area contributed by atoms with E-state index in [1.165, 1.54) is 21.7 Å². The van der Waals surface area contributed by atoms with Crippen LogP contribution in [0.1, 0.15) is 23.3 Å². The molecule has 0 atom stereocenters. The van der Waals surface area contributed by atoms with Crippen molar-refractivity contribution in [2.24, 2.45) is 7.05 Å². The van der Waals surface area contributed by atoms with E-state index in [2.05, 4.69) is 5.10 Å². The minimum absolute atomic E-state index is 0.161. The Kier molecular flexibility index (Phi) is 3.82. The number of aryl methyl sites for hydroxylation is 1. The van der Waals surface area contributed by atoms with Crippen molar-refractivity contribution in [3.63, 3.8) is 0 Å². The third-order valence-corrected chi connectivity index (χ3v) is 4.84. The highest BCUT2D eigenvalue weighted by molar-refractivity contribution is 6.03. The lowest BCUT2D eigenvalue weighted by Gasteiger charge is -2.42. The molecule has 0 saturated carbocycles. The highest BCUT2D eigenvalue weighted by Gasteiger charge is 2.43. The summed E-state index contributed by atoms with van der Waals surface area (Å²) < 4.78 is 14.5. The molecule has 2 aliphatic heterocycles. The molecule has 2 aromatic rings. The third-order valence-electron chi connectivity index (χ3n) is 4.84. The lowest BCUT2D eigenvalue weighted by molar-refractivity contribution is -0.144. The summed E-state index contributed by atoms with van der Waals surface area (Å²) in [6.45, 7) is 0.681. The molecule has 0 unspecified atom stereocenters. The molecule has 3 heterocycles. The van der Waals surface area contributed by atoms with E-state index in [0.717, 1.165) is 5.56 Å². The van der Waals surface area contributed by atoms with Gasteiger partial charge in [-0.15, -0.1) is 0 Å². The SMILES string of the molecule is Cn1nc(-c2ccc(F)cc2)cc1C(=O)N1CC(N2C(=O)CCC2=O)C1. The number of benzene rings is 1. The molecule has 3 amide bonds. The number of hydrogen-bond donors (Lipinski definition) is 0. The number of aromatic nitrogens is 2. The summed E-state index contributed by atoms with van der Waals surface area (Å²) in [5.74, 6) is -0.861. The van der Waals surface area contributed by atoms with Gasteiger partial charge >= 0.3 is 0 Å². The molecule has 7 nitrogen and oxygen atoms in total. The summed E-state index contributed by atoms with van der Waals surface area (Å²) in [6.07, 6.45) is 0.512. The Hall–Kier alpha value is -3.03. The summed E-state index contributed by atoms with van der Waals surface area (Å²) in [4.78, 5) is 39.1. The number of carbonyl (C=O) groups is 3. The van der Waals surface area contributed by atoms with Gasteiger partial charge in [-0.05, 0) is 30.3 Å². The molecule has 0 N–H and O–H groups in total. The number of imide groups is 1. The van der Waals surface area contributed by atoms with Gasteiger partial charge in [-0.2, -0.15) is 5.10 Å². The first-order valence-electron chi connectivity index (χ1n) is 8.38. The Morgan fingerprint density at radius 2 is 1.73 bits per heavy atom. The van der Waals surface area contributed by atoms with Crippen LogP contribution in [0.25, 0.3) is 11.3 Å². The van der Waals surface area contributed by atoms with Gasteiger partial charge in [-0.1, -0.05) is 0 Å². The van der Waals surface area contributed by atoms with Gasteiger partial charge in [0, 0.05) is 38.5 Å². The van der Waals surface area contributed by atoms with E-state index in [0.29, 0.717) is 24.5 Å². The molecule has 26 heavy (non-hydrogen) atoms. The lowest BCUT2D eigenvalue weighted by Crippen LogP contribution is -2.62. The van der Waals surface area contributed by atoms with Crippen LogP contribution in [0.4, 0.5) is 4.39 Å². The predicted molar refractivity (Wildman–Crippen MR) is 89.4 cm³/mol. The number of hydrogen-bond acceptors (Lipinski definition) is 4.